The maximum absolute atomic E-state index is 12.3. The first-order chi connectivity index (χ1) is 9.54. The molecule has 0 spiro atoms. The Morgan fingerprint density at radius 1 is 1.38 bits per heavy atom. The third-order valence-electron chi connectivity index (χ3n) is 4.56. The fourth-order valence-electron chi connectivity index (χ4n) is 1.95. The predicted molar refractivity (Wildman–Crippen MR) is 82.7 cm³/mol. The van der Waals surface area contributed by atoms with Crippen LogP contribution in [-0.4, -0.2) is 46.0 Å². The molecule has 1 aliphatic heterocycles. The molecule has 0 amide bonds. The molecule has 1 fully saturated rings. The number of carbonyl (C=O) groups excluding carboxylic acids is 2. The summed E-state index contributed by atoms with van der Waals surface area (Å²) in [4.78, 5) is 24.0. The van der Waals surface area contributed by atoms with Crippen LogP contribution in [-0.2, 0) is 23.5 Å². The van der Waals surface area contributed by atoms with Crippen LogP contribution in [0.1, 0.15) is 40.0 Å². The summed E-state index contributed by atoms with van der Waals surface area (Å²) < 4.78 is 16.6. The second-order valence-corrected chi connectivity index (χ2v) is 12.0. The topological polar surface area (TPSA) is 61.8 Å². The smallest absolute Gasteiger partial charge is 0.309 e. The van der Waals surface area contributed by atoms with Crippen molar-refractivity contribution in [3.05, 3.63) is 0 Å². The van der Waals surface area contributed by atoms with Gasteiger partial charge in [0.25, 0.3) is 0 Å². The molecule has 6 heteroatoms. The SMILES string of the molecule is COC(=O)CC1(CO[Si](C)(C)C(C)(C)C)OCCCC1=O. The van der Waals surface area contributed by atoms with E-state index in [1.807, 2.05) is 0 Å². The Kier molecular flexibility index (Phi) is 5.74. The number of hydrogen-bond donors (Lipinski definition) is 0. The van der Waals surface area contributed by atoms with Crippen molar-refractivity contribution in [2.24, 2.45) is 0 Å². The Hall–Kier alpha value is -0.723. The molecular weight excluding hydrogens is 288 g/mol. The fraction of sp³-hybridized carbons (Fsp3) is 0.867. The molecular formula is C15H28O5Si. The van der Waals surface area contributed by atoms with Crippen molar-refractivity contribution in [1.29, 1.82) is 0 Å². The van der Waals surface area contributed by atoms with Gasteiger partial charge in [-0.05, 0) is 24.6 Å². The highest BCUT2D eigenvalue weighted by atomic mass is 28.4. The lowest BCUT2D eigenvalue weighted by Gasteiger charge is -2.41. The molecule has 0 bridgehead atoms. The van der Waals surface area contributed by atoms with Crippen LogP contribution < -0.4 is 0 Å². The average Bonchev–Trinajstić information content (AvgIpc) is 2.38. The van der Waals surface area contributed by atoms with E-state index >= 15 is 0 Å². The number of esters is 1. The van der Waals surface area contributed by atoms with Gasteiger partial charge in [-0.3, -0.25) is 9.59 Å². The molecule has 21 heavy (non-hydrogen) atoms. The lowest BCUT2D eigenvalue weighted by atomic mass is 9.90. The van der Waals surface area contributed by atoms with Gasteiger partial charge in [0.05, 0.1) is 20.1 Å². The highest BCUT2D eigenvalue weighted by molar-refractivity contribution is 6.74. The molecule has 0 aromatic heterocycles. The van der Waals surface area contributed by atoms with E-state index in [2.05, 4.69) is 33.9 Å². The van der Waals surface area contributed by atoms with Crippen molar-refractivity contribution < 1.29 is 23.5 Å². The molecule has 1 heterocycles. The van der Waals surface area contributed by atoms with Gasteiger partial charge in [-0.25, -0.2) is 0 Å². The second kappa shape index (κ2) is 6.58. The number of rotatable bonds is 5. The molecule has 0 aromatic carbocycles. The minimum atomic E-state index is -2.01. The van der Waals surface area contributed by atoms with Gasteiger partial charge in [-0.2, -0.15) is 0 Å². The molecule has 1 atom stereocenters. The quantitative estimate of drug-likeness (QED) is 0.576. The summed E-state index contributed by atoms with van der Waals surface area (Å²) in [6, 6.07) is 0. The second-order valence-electron chi connectivity index (χ2n) is 7.17. The average molecular weight is 316 g/mol. The fourth-order valence-corrected chi connectivity index (χ4v) is 2.98. The van der Waals surface area contributed by atoms with Gasteiger partial charge in [0, 0.05) is 13.0 Å². The number of Topliss-reactive ketones (excluding diaryl/α,β-unsaturated/α-hetero) is 1. The molecule has 122 valence electrons. The van der Waals surface area contributed by atoms with Gasteiger partial charge >= 0.3 is 5.97 Å². The van der Waals surface area contributed by atoms with Crippen LogP contribution >= 0.6 is 0 Å². The zero-order valence-electron chi connectivity index (χ0n) is 14.1. The molecule has 0 saturated carbocycles. The van der Waals surface area contributed by atoms with Crippen LogP contribution in [0.3, 0.4) is 0 Å². The summed E-state index contributed by atoms with van der Waals surface area (Å²) in [5.74, 6) is -0.498. The Morgan fingerprint density at radius 3 is 2.48 bits per heavy atom. The van der Waals surface area contributed by atoms with E-state index in [1.54, 1.807) is 0 Å². The zero-order chi connectivity index (χ0) is 16.3. The largest absolute Gasteiger partial charge is 0.469 e. The molecule has 0 aromatic rings. The summed E-state index contributed by atoms with van der Waals surface area (Å²) in [7, 11) is -0.694. The zero-order valence-corrected chi connectivity index (χ0v) is 15.1. The molecule has 1 saturated heterocycles. The Labute approximate surface area is 128 Å². The summed E-state index contributed by atoms with van der Waals surface area (Å²) in [5, 5.41) is 0.0389. The highest BCUT2D eigenvalue weighted by Gasteiger charge is 2.47. The van der Waals surface area contributed by atoms with Crippen molar-refractivity contribution in [1.82, 2.24) is 0 Å². The first-order valence-electron chi connectivity index (χ1n) is 7.42. The van der Waals surface area contributed by atoms with E-state index in [9.17, 15) is 9.59 Å². The van der Waals surface area contributed by atoms with Gasteiger partial charge in [0.2, 0.25) is 0 Å². The first-order valence-corrected chi connectivity index (χ1v) is 10.3. The van der Waals surface area contributed by atoms with Crippen molar-refractivity contribution in [2.45, 2.75) is 63.8 Å². The lowest BCUT2D eigenvalue weighted by molar-refractivity contribution is -0.169. The molecule has 1 rings (SSSR count). The number of carbonyl (C=O) groups is 2. The van der Waals surface area contributed by atoms with Gasteiger partial charge in [-0.1, -0.05) is 20.8 Å². The van der Waals surface area contributed by atoms with Crippen molar-refractivity contribution in [3.63, 3.8) is 0 Å². The summed E-state index contributed by atoms with van der Waals surface area (Å²) in [6.07, 6.45) is 1.05. The van der Waals surface area contributed by atoms with Crippen molar-refractivity contribution in [2.75, 3.05) is 20.3 Å². The Bertz CT molecular complexity index is 399. The van der Waals surface area contributed by atoms with Crippen molar-refractivity contribution >= 4 is 20.1 Å². The third-order valence-corrected chi connectivity index (χ3v) is 9.04. The Balaban J connectivity index is 2.88. The van der Waals surface area contributed by atoms with E-state index in [0.29, 0.717) is 19.4 Å². The number of hydrogen-bond acceptors (Lipinski definition) is 5. The van der Waals surface area contributed by atoms with Crippen LogP contribution in [0, 0.1) is 0 Å². The molecule has 0 N–H and O–H groups in total. The highest BCUT2D eigenvalue weighted by Crippen LogP contribution is 2.38. The minimum Gasteiger partial charge on any atom is -0.469 e. The van der Waals surface area contributed by atoms with E-state index in [4.69, 9.17) is 13.9 Å². The van der Waals surface area contributed by atoms with Gasteiger partial charge in [0.15, 0.2) is 19.7 Å². The normalized spacial score (nSPS) is 24.0. The van der Waals surface area contributed by atoms with Crippen LogP contribution in [0.15, 0.2) is 0 Å². The van der Waals surface area contributed by atoms with E-state index in [1.165, 1.54) is 7.11 Å². The number of ether oxygens (including phenoxy) is 2. The van der Waals surface area contributed by atoms with Crippen LogP contribution in [0.4, 0.5) is 0 Å². The van der Waals surface area contributed by atoms with Crippen LogP contribution in [0.5, 0.6) is 0 Å². The molecule has 1 aliphatic rings. The van der Waals surface area contributed by atoms with Crippen molar-refractivity contribution in [3.8, 4) is 0 Å². The summed E-state index contributed by atoms with van der Waals surface area (Å²) >= 11 is 0. The van der Waals surface area contributed by atoms with E-state index in [0.717, 1.165) is 0 Å². The van der Waals surface area contributed by atoms with E-state index < -0.39 is 19.9 Å². The monoisotopic (exact) mass is 316 g/mol. The van der Waals surface area contributed by atoms with Gasteiger partial charge < -0.3 is 13.9 Å². The van der Waals surface area contributed by atoms with Crippen LogP contribution in [0.2, 0.25) is 18.1 Å². The summed E-state index contributed by atoms with van der Waals surface area (Å²) in [5.41, 5.74) is -1.17. The molecule has 5 nitrogen and oxygen atoms in total. The Morgan fingerprint density at radius 2 is 2.00 bits per heavy atom. The van der Waals surface area contributed by atoms with Gasteiger partial charge in [-0.15, -0.1) is 0 Å². The first kappa shape index (κ1) is 18.3. The third kappa shape index (κ3) is 4.37. The van der Waals surface area contributed by atoms with Gasteiger partial charge in [0.1, 0.15) is 0 Å². The van der Waals surface area contributed by atoms with E-state index in [-0.39, 0.29) is 23.8 Å². The molecule has 1 unspecified atom stereocenters. The lowest BCUT2D eigenvalue weighted by Crippen LogP contribution is -2.54. The molecule has 0 aliphatic carbocycles. The number of methoxy groups -OCH3 is 1. The molecule has 0 radical (unpaired) electrons. The predicted octanol–water partition coefficient (Wildman–Crippen LogP) is 2.69. The number of ketones is 1. The minimum absolute atomic E-state index is 0.0389. The maximum Gasteiger partial charge on any atom is 0.309 e. The maximum atomic E-state index is 12.3. The summed E-state index contributed by atoms with van der Waals surface area (Å²) in [6.45, 7) is 11.3. The standard InChI is InChI=1S/C15H28O5Si/c1-14(2,3)21(5,6)20-11-15(10-13(17)18-4)12(16)8-7-9-19-15/h7-11H2,1-6H3. The van der Waals surface area contributed by atoms with Crippen LogP contribution in [0.25, 0.3) is 0 Å².